The Hall–Kier alpha value is -1.13. The third kappa shape index (κ3) is 1.90. The molecule has 4 heteroatoms. The van der Waals surface area contributed by atoms with Gasteiger partial charge >= 0.3 is 4.94 Å². The van der Waals surface area contributed by atoms with Crippen molar-refractivity contribution >= 4 is 21.6 Å². The van der Waals surface area contributed by atoms with Crippen LogP contribution in [0, 0.1) is 0 Å². The van der Waals surface area contributed by atoms with Gasteiger partial charge in [-0.05, 0) is 43.5 Å². The van der Waals surface area contributed by atoms with Gasteiger partial charge in [0.25, 0.3) is 0 Å². The smallest absolute Gasteiger partial charge is 0.396 e. The topological polar surface area (TPSA) is 42.2 Å². The summed E-state index contributed by atoms with van der Waals surface area (Å²) in [6, 6.07) is 6.65. The summed E-state index contributed by atoms with van der Waals surface area (Å²) in [6.07, 6.45) is 3.53. The zero-order valence-corrected chi connectivity index (χ0v) is 9.68. The Morgan fingerprint density at radius 1 is 1.50 bits per heavy atom. The van der Waals surface area contributed by atoms with Gasteiger partial charge < -0.3 is 9.73 Å². The van der Waals surface area contributed by atoms with Gasteiger partial charge in [-0.25, -0.2) is 4.79 Å². The molecule has 0 saturated carbocycles. The van der Waals surface area contributed by atoms with E-state index in [0.717, 1.165) is 23.2 Å². The molecule has 3 rings (SSSR count). The van der Waals surface area contributed by atoms with Crippen molar-refractivity contribution in [1.82, 2.24) is 5.32 Å². The number of rotatable bonds is 2. The molecule has 0 aliphatic carbocycles. The van der Waals surface area contributed by atoms with Crippen molar-refractivity contribution in [3.63, 3.8) is 0 Å². The molecule has 1 aromatic carbocycles. The second-order valence-electron chi connectivity index (χ2n) is 4.23. The quantitative estimate of drug-likeness (QED) is 0.867. The van der Waals surface area contributed by atoms with Crippen LogP contribution in [0.3, 0.4) is 0 Å². The first-order valence-electron chi connectivity index (χ1n) is 5.57. The highest BCUT2D eigenvalue weighted by molar-refractivity contribution is 7.16. The van der Waals surface area contributed by atoms with Gasteiger partial charge in [-0.1, -0.05) is 17.4 Å². The number of fused-ring (bicyclic) bond motifs is 1. The highest BCUT2D eigenvalue weighted by Crippen LogP contribution is 2.20. The van der Waals surface area contributed by atoms with Gasteiger partial charge in [-0.3, -0.25) is 0 Å². The number of nitrogens with one attached hydrogen (secondary N) is 1. The minimum atomic E-state index is -0.217. The number of hydrogen-bond acceptors (Lipinski definition) is 4. The van der Waals surface area contributed by atoms with E-state index >= 15 is 0 Å². The second kappa shape index (κ2) is 4.03. The van der Waals surface area contributed by atoms with Crippen LogP contribution in [0.4, 0.5) is 0 Å². The van der Waals surface area contributed by atoms with Crippen LogP contribution < -0.4 is 10.3 Å². The summed E-state index contributed by atoms with van der Waals surface area (Å²) >= 11 is 1.17. The Balaban J connectivity index is 1.89. The lowest BCUT2D eigenvalue weighted by Crippen LogP contribution is -2.23. The third-order valence-corrected chi connectivity index (χ3v) is 3.85. The fourth-order valence-corrected chi connectivity index (χ4v) is 2.91. The summed E-state index contributed by atoms with van der Waals surface area (Å²) < 4.78 is 6.05. The van der Waals surface area contributed by atoms with Crippen LogP contribution in [0.5, 0.6) is 0 Å². The van der Waals surface area contributed by atoms with Crippen LogP contribution in [0.25, 0.3) is 10.3 Å². The zero-order chi connectivity index (χ0) is 11.0. The molecular weight excluding hydrogens is 222 g/mol. The molecule has 1 aliphatic heterocycles. The van der Waals surface area contributed by atoms with Crippen LogP contribution in [0.15, 0.2) is 27.4 Å². The molecule has 1 fully saturated rings. The highest BCUT2D eigenvalue weighted by atomic mass is 32.1. The van der Waals surface area contributed by atoms with E-state index in [1.54, 1.807) is 0 Å². The minimum absolute atomic E-state index is 0.217. The Morgan fingerprint density at radius 2 is 2.44 bits per heavy atom. The lowest BCUT2D eigenvalue weighted by Gasteiger charge is -2.09. The van der Waals surface area contributed by atoms with Crippen LogP contribution in [-0.4, -0.2) is 12.6 Å². The van der Waals surface area contributed by atoms with Gasteiger partial charge in [-0.15, -0.1) is 0 Å². The Kier molecular flexibility index (Phi) is 2.53. The fourth-order valence-electron chi connectivity index (χ4n) is 2.26. The molecule has 3 nitrogen and oxygen atoms in total. The molecule has 2 aromatic rings. The zero-order valence-electron chi connectivity index (χ0n) is 8.86. The summed E-state index contributed by atoms with van der Waals surface area (Å²) in [5.41, 5.74) is 1.97. The van der Waals surface area contributed by atoms with Crippen LogP contribution in [-0.2, 0) is 6.42 Å². The van der Waals surface area contributed by atoms with Crippen LogP contribution in [0.2, 0.25) is 0 Å². The molecule has 0 spiro atoms. The summed E-state index contributed by atoms with van der Waals surface area (Å²) in [4.78, 5) is 10.9. The Bertz CT molecular complexity index is 551. The van der Waals surface area contributed by atoms with Crippen molar-refractivity contribution in [2.75, 3.05) is 6.54 Å². The van der Waals surface area contributed by atoms with E-state index in [4.69, 9.17) is 4.42 Å². The second-order valence-corrected chi connectivity index (χ2v) is 5.21. The molecule has 1 N–H and O–H groups in total. The molecule has 0 bridgehead atoms. The summed E-state index contributed by atoms with van der Waals surface area (Å²) in [5, 5.41) is 3.47. The Morgan fingerprint density at radius 3 is 3.25 bits per heavy atom. The van der Waals surface area contributed by atoms with E-state index < -0.39 is 0 Å². The van der Waals surface area contributed by atoms with E-state index in [-0.39, 0.29) is 4.94 Å². The standard InChI is InChI=1S/C12H13NO2S/c14-12-15-10-7-8(3-4-11(10)16-12)6-9-2-1-5-13-9/h3-4,7,9,13H,1-2,5-6H2. The predicted octanol–water partition coefficient (Wildman–Crippen LogP) is 2.15. The van der Waals surface area contributed by atoms with Crippen molar-refractivity contribution in [3.8, 4) is 0 Å². The van der Waals surface area contributed by atoms with E-state index in [2.05, 4.69) is 11.4 Å². The normalized spacial score (nSPS) is 20.6. The SMILES string of the molecule is O=c1oc2cc(CC3CCCN3)ccc2s1. The first-order valence-corrected chi connectivity index (χ1v) is 6.39. The summed E-state index contributed by atoms with van der Waals surface area (Å²) in [7, 11) is 0. The number of benzene rings is 1. The molecule has 0 amide bonds. The summed E-state index contributed by atoms with van der Waals surface area (Å²) in [6.45, 7) is 1.13. The largest absolute Gasteiger partial charge is 0.414 e. The van der Waals surface area contributed by atoms with Crippen LogP contribution >= 0.6 is 11.3 Å². The summed E-state index contributed by atoms with van der Waals surface area (Å²) in [5.74, 6) is 0. The first kappa shape index (κ1) is 10.1. The maximum Gasteiger partial charge on any atom is 0.396 e. The van der Waals surface area contributed by atoms with Gasteiger partial charge in [0, 0.05) is 6.04 Å². The first-order chi connectivity index (χ1) is 7.81. The molecule has 2 heterocycles. The van der Waals surface area contributed by atoms with Crippen molar-refractivity contribution < 1.29 is 4.42 Å². The molecule has 0 radical (unpaired) electrons. The average molecular weight is 235 g/mol. The van der Waals surface area contributed by atoms with E-state index in [9.17, 15) is 4.79 Å². The predicted molar refractivity (Wildman–Crippen MR) is 65.1 cm³/mol. The van der Waals surface area contributed by atoms with Crippen molar-refractivity contribution in [1.29, 1.82) is 0 Å². The number of hydrogen-bond donors (Lipinski definition) is 1. The van der Waals surface area contributed by atoms with E-state index in [1.165, 1.54) is 29.7 Å². The van der Waals surface area contributed by atoms with E-state index in [1.807, 2.05) is 12.1 Å². The van der Waals surface area contributed by atoms with Gasteiger partial charge in [-0.2, -0.15) is 0 Å². The fraction of sp³-hybridized carbons (Fsp3) is 0.417. The lowest BCUT2D eigenvalue weighted by atomic mass is 10.0. The minimum Gasteiger partial charge on any atom is -0.414 e. The molecule has 1 unspecified atom stereocenters. The monoisotopic (exact) mass is 235 g/mol. The van der Waals surface area contributed by atoms with Crippen molar-refractivity contribution in [2.24, 2.45) is 0 Å². The highest BCUT2D eigenvalue weighted by Gasteiger charge is 2.14. The van der Waals surface area contributed by atoms with Gasteiger partial charge in [0.2, 0.25) is 0 Å². The van der Waals surface area contributed by atoms with Crippen LogP contribution in [0.1, 0.15) is 18.4 Å². The maximum atomic E-state index is 11.1. The van der Waals surface area contributed by atoms with Gasteiger partial charge in [0.05, 0.1) is 4.70 Å². The molecule has 1 saturated heterocycles. The molecule has 1 aliphatic rings. The molecule has 1 atom stereocenters. The molecule has 84 valence electrons. The molecule has 16 heavy (non-hydrogen) atoms. The molecular formula is C12H13NO2S. The van der Waals surface area contributed by atoms with E-state index in [0.29, 0.717) is 6.04 Å². The molecule has 1 aromatic heterocycles. The lowest BCUT2D eigenvalue weighted by molar-refractivity contribution is 0.581. The maximum absolute atomic E-state index is 11.1. The third-order valence-electron chi connectivity index (χ3n) is 3.04. The van der Waals surface area contributed by atoms with Gasteiger partial charge in [0.1, 0.15) is 5.58 Å². The Labute approximate surface area is 97.1 Å². The average Bonchev–Trinajstić information content (AvgIpc) is 2.85. The van der Waals surface area contributed by atoms with Crippen molar-refractivity contribution in [3.05, 3.63) is 33.5 Å². The van der Waals surface area contributed by atoms with Crippen molar-refractivity contribution in [2.45, 2.75) is 25.3 Å². The van der Waals surface area contributed by atoms with Gasteiger partial charge in [0.15, 0.2) is 0 Å².